The molecule has 2 heterocycles. The number of nitrogens with zero attached hydrogens (tertiary/aromatic N) is 2. The maximum atomic E-state index is 14.3. The van der Waals surface area contributed by atoms with Gasteiger partial charge in [-0.25, -0.2) is 10.3 Å². The SMILES string of the molecule is O=C(N/N=C/C12c3ccccc3C(c3ccccc31)C1C(=O)N(c3ccc(Cl)cc3Cl)C(=O)C12)c1ccco1. The minimum atomic E-state index is -1.12. The zero-order valence-electron chi connectivity index (χ0n) is 20.2. The van der Waals surface area contributed by atoms with Gasteiger partial charge in [-0.1, -0.05) is 71.7 Å². The molecule has 3 amide bonds. The Bertz CT molecular complexity index is 1670. The Kier molecular flexibility index (Phi) is 5.30. The molecule has 0 saturated carbocycles. The fourth-order valence-corrected chi connectivity index (χ4v) is 7.10. The highest BCUT2D eigenvalue weighted by atomic mass is 35.5. The second kappa shape index (κ2) is 8.66. The van der Waals surface area contributed by atoms with E-state index in [1.54, 1.807) is 24.4 Å². The summed E-state index contributed by atoms with van der Waals surface area (Å²) in [6.45, 7) is 0. The number of nitrogens with one attached hydrogen (secondary N) is 1. The lowest BCUT2D eigenvalue weighted by atomic mass is 9.47. The first-order chi connectivity index (χ1) is 18.9. The molecule has 9 heteroatoms. The van der Waals surface area contributed by atoms with Gasteiger partial charge in [-0.05, 0) is 52.6 Å². The van der Waals surface area contributed by atoms with E-state index in [9.17, 15) is 14.4 Å². The number of benzene rings is 3. The molecule has 2 atom stereocenters. The van der Waals surface area contributed by atoms with E-state index in [0.717, 1.165) is 22.3 Å². The third-order valence-electron chi connectivity index (χ3n) is 8.01. The van der Waals surface area contributed by atoms with Crippen LogP contribution >= 0.6 is 23.2 Å². The number of hydrazone groups is 1. The minimum Gasteiger partial charge on any atom is -0.459 e. The van der Waals surface area contributed by atoms with Crippen LogP contribution in [-0.2, 0) is 15.0 Å². The van der Waals surface area contributed by atoms with Gasteiger partial charge in [0.1, 0.15) is 0 Å². The van der Waals surface area contributed by atoms with Crippen molar-refractivity contribution in [3.05, 3.63) is 123 Å². The van der Waals surface area contributed by atoms with Crippen molar-refractivity contribution in [2.45, 2.75) is 11.3 Å². The van der Waals surface area contributed by atoms with Crippen LogP contribution in [0.15, 0.2) is 94.6 Å². The average molecular weight is 556 g/mol. The fourth-order valence-electron chi connectivity index (χ4n) is 6.61. The predicted molar refractivity (Wildman–Crippen MR) is 146 cm³/mol. The number of imide groups is 1. The third kappa shape index (κ3) is 3.23. The molecular weight excluding hydrogens is 537 g/mol. The number of carbonyl (C=O) groups excluding carboxylic acids is 3. The first-order valence-corrected chi connectivity index (χ1v) is 13.1. The molecule has 7 nitrogen and oxygen atoms in total. The Labute approximate surface area is 233 Å². The van der Waals surface area contributed by atoms with Gasteiger partial charge in [-0.15, -0.1) is 0 Å². The van der Waals surface area contributed by atoms with Gasteiger partial charge in [0, 0.05) is 17.2 Å². The summed E-state index contributed by atoms with van der Waals surface area (Å²) < 4.78 is 5.18. The number of halogens is 2. The van der Waals surface area contributed by atoms with Crippen LogP contribution in [0.2, 0.25) is 10.0 Å². The van der Waals surface area contributed by atoms with Crippen LogP contribution in [-0.4, -0.2) is 23.9 Å². The molecule has 0 radical (unpaired) electrons. The van der Waals surface area contributed by atoms with Crippen molar-refractivity contribution in [1.82, 2.24) is 5.43 Å². The van der Waals surface area contributed by atoms with Gasteiger partial charge in [0.15, 0.2) is 5.76 Å². The van der Waals surface area contributed by atoms with Gasteiger partial charge in [-0.2, -0.15) is 5.10 Å². The van der Waals surface area contributed by atoms with Crippen molar-refractivity contribution in [2.24, 2.45) is 16.9 Å². The third-order valence-corrected chi connectivity index (χ3v) is 8.55. The average Bonchev–Trinajstić information content (AvgIpc) is 3.57. The number of anilines is 1. The summed E-state index contributed by atoms with van der Waals surface area (Å²) in [4.78, 5) is 42.3. The van der Waals surface area contributed by atoms with Crippen LogP contribution in [0, 0.1) is 11.8 Å². The van der Waals surface area contributed by atoms with E-state index in [0.29, 0.717) is 5.02 Å². The normalized spacial score (nSPS) is 24.6. The molecule has 4 aliphatic rings. The van der Waals surface area contributed by atoms with Crippen molar-refractivity contribution < 1.29 is 18.8 Å². The second-order valence-electron chi connectivity index (χ2n) is 9.81. The highest BCUT2D eigenvalue weighted by Crippen LogP contribution is 2.63. The molecule has 1 aliphatic heterocycles. The van der Waals surface area contributed by atoms with Crippen molar-refractivity contribution in [3.8, 4) is 0 Å². The van der Waals surface area contributed by atoms with Gasteiger partial charge in [0.2, 0.25) is 11.8 Å². The van der Waals surface area contributed by atoms with E-state index in [-0.39, 0.29) is 34.2 Å². The van der Waals surface area contributed by atoms with Crippen LogP contribution in [0.5, 0.6) is 0 Å². The van der Waals surface area contributed by atoms with E-state index in [1.807, 2.05) is 48.5 Å². The largest absolute Gasteiger partial charge is 0.459 e. The Hall–Kier alpha value is -4.20. The minimum absolute atomic E-state index is 0.103. The summed E-state index contributed by atoms with van der Waals surface area (Å²) >= 11 is 12.6. The molecule has 2 unspecified atom stereocenters. The predicted octanol–water partition coefficient (Wildman–Crippen LogP) is 5.55. The molecule has 0 spiro atoms. The van der Waals surface area contributed by atoms with Gasteiger partial charge in [0.25, 0.3) is 0 Å². The molecule has 3 aliphatic carbocycles. The molecule has 1 N–H and O–H groups in total. The van der Waals surface area contributed by atoms with Crippen molar-refractivity contribution in [1.29, 1.82) is 0 Å². The summed E-state index contributed by atoms with van der Waals surface area (Å²) in [5.41, 5.74) is 5.34. The van der Waals surface area contributed by atoms with Crippen LogP contribution in [0.25, 0.3) is 0 Å². The Morgan fingerprint density at radius 1 is 0.923 bits per heavy atom. The lowest BCUT2D eigenvalue weighted by Crippen LogP contribution is -2.54. The molecule has 39 heavy (non-hydrogen) atoms. The van der Waals surface area contributed by atoms with E-state index >= 15 is 0 Å². The number of hydrogen-bond donors (Lipinski definition) is 1. The summed E-state index contributed by atoms with van der Waals surface area (Å²) in [5.74, 6) is -2.97. The molecule has 2 bridgehead atoms. The molecule has 1 aromatic heterocycles. The summed E-state index contributed by atoms with van der Waals surface area (Å²) in [6.07, 6.45) is 2.99. The van der Waals surface area contributed by atoms with Gasteiger partial charge in [0.05, 0.1) is 34.2 Å². The molecule has 4 aromatic rings. The standard InChI is InChI=1S/C30H19Cl2N3O4/c31-16-11-12-22(21(32)14-16)35-28(37)25-24-17-6-1-3-8-19(17)30(26(25)29(35)38,20-9-4-2-7-18(20)24)15-33-34-27(36)23-10-5-13-39-23/h1-15,24-26H,(H,34,36)/b33-15+. The quantitative estimate of drug-likeness (QED) is 0.203. The van der Waals surface area contributed by atoms with Gasteiger partial charge < -0.3 is 4.42 Å². The van der Waals surface area contributed by atoms with E-state index in [1.165, 1.54) is 23.3 Å². The van der Waals surface area contributed by atoms with E-state index < -0.39 is 23.2 Å². The lowest BCUT2D eigenvalue weighted by Gasteiger charge is -2.52. The van der Waals surface area contributed by atoms with Crippen LogP contribution < -0.4 is 10.3 Å². The zero-order chi connectivity index (χ0) is 26.9. The molecular formula is C30H19Cl2N3O4. The Morgan fingerprint density at radius 2 is 1.62 bits per heavy atom. The van der Waals surface area contributed by atoms with E-state index in [4.69, 9.17) is 27.6 Å². The van der Waals surface area contributed by atoms with Crippen molar-refractivity contribution in [2.75, 3.05) is 4.90 Å². The molecule has 1 saturated heterocycles. The number of furan rings is 1. The van der Waals surface area contributed by atoms with Crippen LogP contribution in [0.4, 0.5) is 5.69 Å². The monoisotopic (exact) mass is 555 g/mol. The number of rotatable bonds is 4. The number of amides is 3. The van der Waals surface area contributed by atoms with Gasteiger partial charge >= 0.3 is 5.91 Å². The highest BCUT2D eigenvalue weighted by molar-refractivity contribution is 6.38. The fraction of sp³-hybridized carbons (Fsp3) is 0.133. The van der Waals surface area contributed by atoms with Crippen molar-refractivity contribution in [3.63, 3.8) is 0 Å². The zero-order valence-corrected chi connectivity index (χ0v) is 21.7. The highest BCUT2D eigenvalue weighted by Gasteiger charge is 2.68. The summed E-state index contributed by atoms with van der Waals surface area (Å²) in [5, 5.41) is 4.96. The smallest absolute Gasteiger partial charge is 0.307 e. The topological polar surface area (TPSA) is 92.0 Å². The Morgan fingerprint density at radius 3 is 2.26 bits per heavy atom. The summed E-state index contributed by atoms with van der Waals surface area (Å²) in [6, 6.07) is 23.4. The maximum absolute atomic E-state index is 14.3. The van der Waals surface area contributed by atoms with Crippen LogP contribution in [0.3, 0.4) is 0 Å². The van der Waals surface area contributed by atoms with E-state index in [2.05, 4.69) is 10.5 Å². The number of carbonyl (C=O) groups is 3. The maximum Gasteiger partial charge on any atom is 0.307 e. The molecule has 1 fully saturated rings. The van der Waals surface area contributed by atoms with Crippen LogP contribution in [0.1, 0.15) is 38.7 Å². The lowest BCUT2D eigenvalue weighted by molar-refractivity contribution is -0.122. The van der Waals surface area contributed by atoms with Gasteiger partial charge in [-0.3, -0.25) is 14.4 Å². The first kappa shape index (κ1) is 23.9. The molecule has 3 aromatic carbocycles. The number of hydrogen-bond acceptors (Lipinski definition) is 5. The first-order valence-electron chi connectivity index (χ1n) is 12.3. The van der Waals surface area contributed by atoms with Crippen molar-refractivity contribution >= 4 is 52.8 Å². The molecule has 192 valence electrons. The molecule has 8 rings (SSSR count). The second-order valence-corrected chi connectivity index (χ2v) is 10.7. The Balaban J connectivity index is 1.43. The summed E-state index contributed by atoms with van der Waals surface area (Å²) in [7, 11) is 0.